The van der Waals surface area contributed by atoms with Crippen molar-refractivity contribution in [2.24, 2.45) is 0 Å². The molecular formula is C18H17N3O3. The van der Waals surface area contributed by atoms with Crippen molar-refractivity contribution < 1.29 is 14.3 Å². The highest BCUT2D eigenvalue weighted by Gasteiger charge is 2.28. The summed E-state index contributed by atoms with van der Waals surface area (Å²) < 4.78 is 5.68. The van der Waals surface area contributed by atoms with Crippen LogP contribution in [0.2, 0.25) is 0 Å². The Morgan fingerprint density at radius 3 is 3.17 bits per heavy atom. The molecule has 1 aromatic carbocycles. The molecule has 2 amide bonds. The minimum Gasteiger partial charge on any atom is -0.471 e. The summed E-state index contributed by atoms with van der Waals surface area (Å²) in [4.78, 5) is 30.2. The highest BCUT2D eigenvalue weighted by Crippen LogP contribution is 2.31. The van der Waals surface area contributed by atoms with Gasteiger partial charge in [0.2, 0.25) is 17.7 Å². The lowest BCUT2D eigenvalue weighted by Gasteiger charge is -2.32. The Bertz CT molecular complexity index is 834. The van der Waals surface area contributed by atoms with Crippen molar-refractivity contribution in [1.82, 2.24) is 4.98 Å². The highest BCUT2D eigenvalue weighted by atomic mass is 16.5. The number of benzene rings is 1. The molecule has 1 atom stereocenters. The molecule has 24 heavy (non-hydrogen) atoms. The first-order valence-corrected chi connectivity index (χ1v) is 7.94. The van der Waals surface area contributed by atoms with E-state index < -0.39 is 0 Å². The molecule has 0 aliphatic carbocycles. The standard InChI is InChI=1S/C18H17N3O3/c1-11-10-21(15-3-2-6-19-18(15)24-11)17(23)8-12-4-5-13-9-16(22)20-14(13)7-12/h2-7,11H,8-10H2,1H3,(H,20,22). The van der Waals surface area contributed by atoms with Crippen molar-refractivity contribution in [3.05, 3.63) is 47.7 Å². The molecule has 0 fully saturated rings. The van der Waals surface area contributed by atoms with E-state index in [1.165, 1.54) is 0 Å². The van der Waals surface area contributed by atoms with E-state index in [1.807, 2.05) is 31.2 Å². The number of anilines is 2. The number of amides is 2. The van der Waals surface area contributed by atoms with Gasteiger partial charge in [-0.3, -0.25) is 9.59 Å². The second kappa shape index (κ2) is 5.63. The van der Waals surface area contributed by atoms with Gasteiger partial charge in [0.15, 0.2) is 0 Å². The van der Waals surface area contributed by atoms with Gasteiger partial charge in [0.05, 0.1) is 19.4 Å². The van der Waals surface area contributed by atoms with E-state index in [4.69, 9.17) is 4.74 Å². The van der Waals surface area contributed by atoms with Crippen molar-refractivity contribution in [1.29, 1.82) is 0 Å². The topological polar surface area (TPSA) is 71.5 Å². The monoisotopic (exact) mass is 323 g/mol. The Kier molecular flexibility index (Phi) is 3.45. The summed E-state index contributed by atoms with van der Waals surface area (Å²) >= 11 is 0. The number of nitrogens with one attached hydrogen (secondary N) is 1. The number of aromatic nitrogens is 1. The predicted molar refractivity (Wildman–Crippen MR) is 89.2 cm³/mol. The second-order valence-corrected chi connectivity index (χ2v) is 6.15. The van der Waals surface area contributed by atoms with Gasteiger partial charge in [0.1, 0.15) is 11.8 Å². The van der Waals surface area contributed by atoms with E-state index >= 15 is 0 Å². The molecule has 122 valence electrons. The van der Waals surface area contributed by atoms with Gasteiger partial charge >= 0.3 is 0 Å². The maximum absolute atomic E-state index is 12.8. The summed E-state index contributed by atoms with van der Waals surface area (Å²) in [6.07, 6.45) is 2.23. The summed E-state index contributed by atoms with van der Waals surface area (Å²) in [6, 6.07) is 9.34. The molecule has 0 saturated carbocycles. The van der Waals surface area contributed by atoms with Gasteiger partial charge in [-0.2, -0.15) is 0 Å². The number of ether oxygens (including phenoxy) is 1. The largest absolute Gasteiger partial charge is 0.471 e. The van der Waals surface area contributed by atoms with Crippen molar-refractivity contribution in [2.75, 3.05) is 16.8 Å². The van der Waals surface area contributed by atoms with E-state index in [0.717, 1.165) is 16.8 Å². The molecule has 6 nitrogen and oxygen atoms in total. The molecule has 0 bridgehead atoms. The van der Waals surface area contributed by atoms with Crippen LogP contribution in [-0.4, -0.2) is 29.4 Å². The number of hydrogen-bond acceptors (Lipinski definition) is 4. The maximum Gasteiger partial charge on any atom is 0.238 e. The van der Waals surface area contributed by atoms with E-state index in [1.54, 1.807) is 17.2 Å². The Morgan fingerprint density at radius 2 is 2.29 bits per heavy atom. The summed E-state index contributed by atoms with van der Waals surface area (Å²) in [6.45, 7) is 2.42. The number of pyridine rings is 1. The molecule has 0 spiro atoms. The third-order valence-corrected chi connectivity index (χ3v) is 4.25. The second-order valence-electron chi connectivity index (χ2n) is 6.15. The van der Waals surface area contributed by atoms with Crippen LogP contribution in [-0.2, 0) is 22.4 Å². The molecule has 0 radical (unpaired) electrons. The van der Waals surface area contributed by atoms with Crippen LogP contribution in [0.15, 0.2) is 36.5 Å². The molecule has 2 aliphatic rings. The SMILES string of the molecule is CC1CN(C(=O)Cc2ccc3c(c2)NC(=O)C3)c2cccnc2O1. The molecule has 2 aliphatic heterocycles. The fraction of sp³-hybridized carbons (Fsp3) is 0.278. The number of rotatable bonds is 2. The Morgan fingerprint density at radius 1 is 1.42 bits per heavy atom. The zero-order valence-corrected chi connectivity index (χ0v) is 13.3. The number of nitrogens with zero attached hydrogens (tertiary/aromatic N) is 2. The van der Waals surface area contributed by atoms with Crippen LogP contribution in [0.3, 0.4) is 0 Å². The van der Waals surface area contributed by atoms with Crippen molar-refractivity contribution >= 4 is 23.2 Å². The van der Waals surface area contributed by atoms with Gasteiger partial charge in [-0.05, 0) is 36.2 Å². The van der Waals surface area contributed by atoms with Crippen LogP contribution in [0.4, 0.5) is 11.4 Å². The van der Waals surface area contributed by atoms with Gasteiger partial charge < -0.3 is 15.0 Å². The first-order chi connectivity index (χ1) is 11.6. The molecule has 3 heterocycles. The number of hydrogen-bond donors (Lipinski definition) is 1. The lowest BCUT2D eigenvalue weighted by Crippen LogP contribution is -2.43. The van der Waals surface area contributed by atoms with Crippen LogP contribution in [0.5, 0.6) is 5.88 Å². The molecule has 0 saturated heterocycles. The summed E-state index contributed by atoms with van der Waals surface area (Å²) in [5.41, 5.74) is 3.37. The fourth-order valence-electron chi connectivity index (χ4n) is 3.14. The maximum atomic E-state index is 12.8. The minimum absolute atomic E-state index is 0.00418. The lowest BCUT2D eigenvalue weighted by molar-refractivity contribution is -0.118. The van der Waals surface area contributed by atoms with Crippen LogP contribution >= 0.6 is 0 Å². The molecule has 4 rings (SSSR count). The normalized spacial score (nSPS) is 18.5. The van der Waals surface area contributed by atoms with Gasteiger partial charge in [-0.15, -0.1) is 0 Å². The summed E-state index contributed by atoms with van der Waals surface area (Å²) in [5, 5.41) is 2.82. The Labute approximate surface area is 139 Å². The van der Waals surface area contributed by atoms with Crippen molar-refractivity contribution in [3.8, 4) is 5.88 Å². The summed E-state index contributed by atoms with van der Waals surface area (Å²) in [5.74, 6) is 0.477. The van der Waals surface area contributed by atoms with E-state index in [-0.39, 0.29) is 24.3 Å². The molecule has 1 aromatic heterocycles. The molecular weight excluding hydrogens is 306 g/mol. The molecule has 1 unspecified atom stereocenters. The van der Waals surface area contributed by atoms with Crippen LogP contribution in [0.25, 0.3) is 0 Å². The molecule has 2 aromatic rings. The van der Waals surface area contributed by atoms with E-state index in [0.29, 0.717) is 24.5 Å². The number of carbonyl (C=O) groups excluding carboxylic acids is 2. The number of carbonyl (C=O) groups is 2. The van der Waals surface area contributed by atoms with Crippen molar-refractivity contribution in [3.63, 3.8) is 0 Å². The number of fused-ring (bicyclic) bond motifs is 2. The zero-order chi connectivity index (χ0) is 16.7. The average Bonchev–Trinajstić information content (AvgIpc) is 2.93. The van der Waals surface area contributed by atoms with E-state index in [9.17, 15) is 9.59 Å². The Hall–Kier alpha value is -2.89. The Balaban J connectivity index is 1.57. The highest BCUT2D eigenvalue weighted by molar-refractivity contribution is 6.00. The predicted octanol–water partition coefficient (Wildman–Crippen LogP) is 1.93. The van der Waals surface area contributed by atoms with Gasteiger partial charge in [-0.1, -0.05) is 12.1 Å². The van der Waals surface area contributed by atoms with Crippen molar-refractivity contribution in [2.45, 2.75) is 25.9 Å². The molecule has 1 N–H and O–H groups in total. The van der Waals surface area contributed by atoms with Crippen LogP contribution < -0.4 is 15.0 Å². The van der Waals surface area contributed by atoms with Crippen LogP contribution in [0.1, 0.15) is 18.1 Å². The van der Waals surface area contributed by atoms with Gasteiger partial charge in [0.25, 0.3) is 0 Å². The van der Waals surface area contributed by atoms with Gasteiger partial charge in [0, 0.05) is 11.9 Å². The van der Waals surface area contributed by atoms with E-state index in [2.05, 4.69) is 10.3 Å². The minimum atomic E-state index is -0.101. The fourth-order valence-corrected chi connectivity index (χ4v) is 3.14. The third-order valence-electron chi connectivity index (χ3n) is 4.25. The average molecular weight is 323 g/mol. The smallest absolute Gasteiger partial charge is 0.238 e. The quantitative estimate of drug-likeness (QED) is 0.917. The third kappa shape index (κ3) is 2.60. The van der Waals surface area contributed by atoms with Gasteiger partial charge in [-0.25, -0.2) is 4.98 Å². The first-order valence-electron chi connectivity index (χ1n) is 7.94. The molecule has 6 heteroatoms. The zero-order valence-electron chi connectivity index (χ0n) is 13.3. The lowest BCUT2D eigenvalue weighted by atomic mass is 10.1. The van der Waals surface area contributed by atoms with Crippen LogP contribution in [0, 0.1) is 0 Å². The first kappa shape index (κ1) is 14.7. The summed E-state index contributed by atoms with van der Waals surface area (Å²) in [7, 11) is 0.